The Hall–Kier alpha value is -1.17. The molecule has 0 saturated carbocycles. The highest BCUT2D eigenvalue weighted by Gasteiger charge is 2.11. The van der Waals surface area contributed by atoms with Crippen molar-refractivity contribution in [2.24, 2.45) is 5.73 Å². The molecule has 0 heterocycles. The molecular formula is C13H9BrClF2NO. The summed E-state index contributed by atoms with van der Waals surface area (Å²) >= 11 is 8.86. The van der Waals surface area contributed by atoms with E-state index in [9.17, 15) is 8.78 Å². The normalized spacial score (nSPS) is 10.6. The summed E-state index contributed by atoms with van der Waals surface area (Å²) in [6, 6.07) is 6.49. The fraction of sp³-hybridized carbons (Fsp3) is 0.0769. The number of benzene rings is 2. The van der Waals surface area contributed by atoms with Crippen molar-refractivity contribution in [1.82, 2.24) is 0 Å². The van der Waals surface area contributed by atoms with Crippen LogP contribution in [0.4, 0.5) is 8.78 Å². The highest BCUT2D eigenvalue weighted by molar-refractivity contribution is 9.10. The second kappa shape index (κ2) is 5.86. The summed E-state index contributed by atoms with van der Waals surface area (Å²) in [5.41, 5.74) is 6.00. The van der Waals surface area contributed by atoms with Gasteiger partial charge in [-0.2, -0.15) is 0 Å². The number of halogens is 4. The van der Waals surface area contributed by atoms with Crippen molar-refractivity contribution in [3.63, 3.8) is 0 Å². The molecule has 0 aliphatic carbocycles. The van der Waals surface area contributed by atoms with E-state index in [1.165, 1.54) is 24.3 Å². The van der Waals surface area contributed by atoms with Crippen LogP contribution in [0.2, 0.25) is 5.02 Å². The minimum absolute atomic E-state index is 0.0163. The van der Waals surface area contributed by atoms with Crippen LogP contribution in [0, 0.1) is 11.6 Å². The molecule has 0 amide bonds. The van der Waals surface area contributed by atoms with Gasteiger partial charge in [0.15, 0.2) is 0 Å². The highest BCUT2D eigenvalue weighted by Crippen LogP contribution is 2.35. The van der Waals surface area contributed by atoms with Crippen molar-refractivity contribution in [2.45, 2.75) is 6.54 Å². The number of hydrogen-bond acceptors (Lipinski definition) is 2. The van der Waals surface area contributed by atoms with Gasteiger partial charge in [-0.25, -0.2) is 8.78 Å². The molecule has 0 spiro atoms. The van der Waals surface area contributed by atoms with Crippen LogP contribution < -0.4 is 10.5 Å². The van der Waals surface area contributed by atoms with Gasteiger partial charge in [0.1, 0.15) is 23.1 Å². The lowest BCUT2D eigenvalue weighted by Crippen LogP contribution is -2.00. The van der Waals surface area contributed by atoms with E-state index < -0.39 is 11.6 Å². The molecule has 19 heavy (non-hydrogen) atoms. The molecule has 2 rings (SSSR count). The van der Waals surface area contributed by atoms with Gasteiger partial charge in [0, 0.05) is 18.2 Å². The predicted molar refractivity (Wildman–Crippen MR) is 73.5 cm³/mol. The van der Waals surface area contributed by atoms with Crippen LogP contribution >= 0.6 is 27.5 Å². The molecule has 2 nitrogen and oxygen atoms in total. The van der Waals surface area contributed by atoms with E-state index in [-0.39, 0.29) is 17.3 Å². The van der Waals surface area contributed by atoms with Gasteiger partial charge in [-0.1, -0.05) is 11.6 Å². The lowest BCUT2D eigenvalue weighted by molar-refractivity contribution is 0.465. The standard InChI is InChI=1S/C13H9BrClF2NO/c14-9-4-10(15)11(17)5-13(9)19-12-2-1-8(16)3-7(12)6-18/h1-5H,6,18H2. The SMILES string of the molecule is NCc1cc(F)ccc1Oc1cc(F)c(Cl)cc1Br. The van der Waals surface area contributed by atoms with E-state index in [1.54, 1.807) is 0 Å². The van der Waals surface area contributed by atoms with E-state index in [2.05, 4.69) is 15.9 Å². The van der Waals surface area contributed by atoms with Crippen molar-refractivity contribution in [3.8, 4) is 11.5 Å². The smallest absolute Gasteiger partial charge is 0.145 e. The molecular weight excluding hydrogens is 340 g/mol. The van der Waals surface area contributed by atoms with Gasteiger partial charge in [0.05, 0.1) is 9.50 Å². The van der Waals surface area contributed by atoms with Crippen molar-refractivity contribution in [2.75, 3.05) is 0 Å². The summed E-state index contributed by atoms with van der Waals surface area (Å²) < 4.78 is 32.5. The van der Waals surface area contributed by atoms with E-state index in [1.807, 2.05) is 0 Å². The predicted octanol–water partition coefficient (Wildman–Crippen LogP) is 4.63. The van der Waals surface area contributed by atoms with Crippen LogP contribution in [-0.2, 0) is 6.54 Å². The van der Waals surface area contributed by atoms with Crippen molar-refractivity contribution in [3.05, 3.63) is 57.0 Å². The molecule has 2 N–H and O–H groups in total. The second-order valence-electron chi connectivity index (χ2n) is 3.75. The van der Waals surface area contributed by atoms with Gasteiger partial charge in [-0.05, 0) is 40.2 Å². The fourth-order valence-electron chi connectivity index (χ4n) is 1.51. The topological polar surface area (TPSA) is 35.2 Å². The number of ether oxygens (including phenoxy) is 1. The average molecular weight is 349 g/mol. The molecule has 0 aliphatic heterocycles. The second-order valence-corrected chi connectivity index (χ2v) is 5.02. The van der Waals surface area contributed by atoms with Crippen LogP contribution in [-0.4, -0.2) is 0 Å². The molecule has 2 aromatic carbocycles. The van der Waals surface area contributed by atoms with E-state index in [0.29, 0.717) is 15.8 Å². The van der Waals surface area contributed by atoms with Gasteiger partial charge in [-0.15, -0.1) is 0 Å². The van der Waals surface area contributed by atoms with Gasteiger partial charge in [0.25, 0.3) is 0 Å². The maximum absolute atomic E-state index is 13.4. The lowest BCUT2D eigenvalue weighted by Gasteiger charge is -2.12. The Kier molecular flexibility index (Phi) is 4.39. The van der Waals surface area contributed by atoms with Crippen molar-refractivity contribution < 1.29 is 13.5 Å². The average Bonchev–Trinajstić information content (AvgIpc) is 2.37. The molecule has 100 valence electrons. The Bertz CT molecular complexity index is 622. The van der Waals surface area contributed by atoms with Crippen LogP contribution in [0.1, 0.15) is 5.56 Å². The van der Waals surface area contributed by atoms with Gasteiger partial charge >= 0.3 is 0 Å². The van der Waals surface area contributed by atoms with Crippen LogP contribution in [0.25, 0.3) is 0 Å². The number of hydrogen-bond donors (Lipinski definition) is 1. The minimum Gasteiger partial charge on any atom is -0.456 e. The molecule has 0 aliphatic rings. The molecule has 0 aromatic heterocycles. The summed E-state index contributed by atoms with van der Waals surface area (Å²) in [4.78, 5) is 0. The van der Waals surface area contributed by atoms with E-state index in [0.717, 1.165) is 6.07 Å². The first-order valence-electron chi connectivity index (χ1n) is 5.32. The first-order valence-corrected chi connectivity index (χ1v) is 6.49. The van der Waals surface area contributed by atoms with Crippen LogP contribution in [0.3, 0.4) is 0 Å². The van der Waals surface area contributed by atoms with Crippen molar-refractivity contribution in [1.29, 1.82) is 0 Å². The van der Waals surface area contributed by atoms with E-state index in [4.69, 9.17) is 22.1 Å². The van der Waals surface area contributed by atoms with Crippen LogP contribution in [0.15, 0.2) is 34.8 Å². The van der Waals surface area contributed by atoms with Gasteiger partial charge < -0.3 is 10.5 Å². The molecule has 0 bridgehead atoms. The molecule has 2 aromatic rings. The molecule has 0 saturated heterocycles. The Balaban J connectivity index is 2.39. The molecule has 6 heteroatoms. The Morgan fingerprint density at radius 2 is 1.89 bits per heavy atom. The summed E-state index contributed by atoms with van der Waals surface area (Å²) in [6.07, 6.45) is 0. The van der Waals surface area contributed by atoms with E-state index >= 15 is 0 Å². The summed E-state index contributed by atoms with van der Waals surface area (Å²) in [6.45, 7) is 0.112. The summed E-state index contributed by atoms with van der Waals surface area (Å²) in [7, 11) is 0. The summed E-state index contributed by atoms with van der Waals surface area (Å²) in [5, 5.41) is -0.0163. The fourth-order valence-corrected chi connectivity index (χ4v) is 2.23. The zero-order valence-electron chi connectivity index (χ0n) is 9.59. The Morgan fingerprint density at radius 3 is 2.58 bits per heavy atom. The maximum Gasteiger partial charge on any atom is 0.145 e. The monoisotopic (exact) mass is 347 g/mol. The highest BCUT2D eigenvalue weighted by atomic mass is 79.9. The Labute approximate surface area is 122 Å². The summed E-state index contributed by atoms with van der Waals surface area (Å²) in [5.74, 6) is -0.403. The third kappa shape index (κ3) is 3.23. The van der Waals surface area contributed by atoms with Crippen molar-refractivity contribution >= 4 is 27.5 Å². The molecule has 0 fully saturated rings. The molecule has 0 radical (unpaired) electrons. The first-order chi connectivity index (χ1) is 9.01. The molecule has 0 atom stereocenters. The lowest BCUT2D eigenvalue weighted by atomic mass is 10.2. The largest absolute Gasteiger partial charge is 0.456 e. The first kappa shape index (κ1) is 14.2. The van der Waals surface area contributed by atoms with Gasteiger partial charge in [-0.3, -0.25) is 0 Å². The van der Waals surface area contributed by atoms with Crippen LogP contribution in [0.5, 0.6) is 11.5 Å². The zero-order chi connectivity index (χ0) is 14.0. The minimum atomic E-state index is -0.601. The Morgan fingerprint density at radius 1 is 1.16 bits per heavy atom. The maximum atomic E-state index is 13.4. The third-order valence-corrected chi connectivity index (χ3v) is 3.35. The molecule has 0 unspecified atom stereocenters. The van der Waals surface area contributed by atoms with Gasteiger partial charge in [0.2, 0.25) is 0 Å². The number of nitrogens with two attached hydrogens (primary N) is 1. The third-order valence-electron chi connectivity index (χ3n) is 2.44. The number of rotatable bonds is 3. The zero-order valence-corrected chi connectivity index (χ0v) is 11.9. The quantitative estimate of drug-likeness (QED) is 0.821.